The van der Waals surface area contributed by atoms with E-state index < -0.39 is 11.6 Å². The van der Waals surface area contributed by atoms with E-state index in [2.05, 4.69) is 15.5 Å². The molecule has 2 rings (SSSR count). The molecule has 0 saturated heterocycles. The number of hydrogen-bond donors (Lipinski definition) is 1. The molecular formula is C14H15F2N3. The van der Waals surface area contributed by atoms with E-state index in [1.165, 1.54) is 6.07 Å². The Morgan fingerprint density at radius 3 is 2.74 bits per heavy atom. The molecule has 0 aliphatic carbocycles. The van der Waals surface area contributed by atoms with Crippen molar-refractivity contribution in [1.82, 2.24) is 15.5 Å². The van der Waals surface area contributed by atoms with Crippen molar-refractivity contribution < 1.29 is 8.78 Å². The number of likely N-dealkylation sites (N-methyl/N-ethyl adjacent to an activating group) is 1. The fraction of sp³-hybridized carbons (Fsp3) is 0.286. The Balaban J connectivity index is 2.24. The van der Waals surface area contributed by atoms with Gasteiger partial charge in [-0.1, -0.05) is 6.92 Å². The molecule has 1 N–H and O–H groups in total. The van der Waals surface area contributed by atoms with Crippen LogP contribution in [0.2, 0.25) is 0 Å². The van der Waals surface area contributed by atoms with Gasteiger partial charge in [-0.3, -0.25) is 0 Å². The van der Waals surface area contributed by atoms with E-state index in [1.54, 1.807) is 12.4 Å². The van der Waals surface area contributed by atoms with Crippen molar-refractivity contribution in [3.63, 3.8) is 0 Å². The number of benzene rings is 1. The van der Waals surface area contributed by atoms with Gasteiger partial charge in [0.05, 0.1) is 6.20 Å². The minimum absolute atomic E-state index is 0.114. The summed E-state index contributed by atoms with van der Waals surface area (Å²) in [6.07, 6.45) is 3.58. The van der Waals surface area contributed by atoms with E-state index in [1.807, 2.05) is 13.0 Å². The third kappa shape index (κ3) is 3.54. The topological polar surface area (TPSA) is 37.8 Å². The Morgan fingerprint density at radius 2 is 2.05 bits per heavy atom. The Morgan fingerprint density at radius 1 is 1.21 bits per heavy atom. The van der Waals surface area contributed by atoms with Crippen LogP contribution in [0.15, 0.2) is 36.7 Å². The number of halogens is 2. The van der Waals surface area contributed by atoms with Gasteiger partial charge < -0.3 is 5.32 Å². The van der Waals surface area contributed by atoms with Gasteiger partial charge in [0.15, 0.2) is 0 Å². The van der Waals surface area contributed by atoms with Crippen molar-refractivity contribution in [2.45, 2.75) is 19.4 Å². The molecule has 1 aromatic heterocycles. The van der Waals surface area contributed by atoms with Gasteiger partial charge in [-0.05, 0) is 48.4 Å². The Labute approximate surface area is 110 Å². The molecule has 0 aliphatic heterocycles. The maximum absolute atomic E-state index is 13.7. The summed E-state index contributed by atoms with van der Waals surface area (Å²) in [4.78, 5) is 0. The number of nitrogens with one attached hydrogen (secondary N) is 1. The molecule has 0 saturated carbocycles. The maximum Gasteiger partial charge on any atom is 0.126 e. The summed E-state index contributed by atoms with van der Waals surface area (Å²) >= 11 is 0. The molecule has 0 bridgehead atoms. The molecule has 0 fully saturated rings. The third-order valence-corrected chi connectivity index (χ3v) is 2.89. The zero-order valence-electron chi connectivity index (χ0n) is 10.6. The quantitative estimate of drug-likeness (QED) is 0.901. The van der Waals surface area contributed by atoms with E-state index in [-0.39, 0.29) is 6.04 Å². The van der Waals surface area contributed by atoms with Gasteiger partial charge in [0.2, 0.25) is 0 Å². The lowest BCUT2D eigenvalue weighted by atomic mass is 10.00. The van der Waals surface area contributed by atoms with Crippen LogP contribution in [0, 0.1) is 11.6 Å². The molecule has 0 aliphatic rings. The lowest BCUT2D eigenvalue weighted by Gasteiger charge is -2.18. The summed E-state index contributed by atoms with van der Waals surface area (Å²) in [5, 5.41) is 10.8. The molecule has 2 aromatic rings. The number of rotatable bonds is 5. The lowest BCUT2D eigenvalue weighted by molar-refractivity contribution is 0.520. The van der Waals surface area contributed by atoms with Crippen molar-refractivity contribution in [3.8, 4) is 0 Å². The Hall–Kier alpha value is -1.88. The average molecular weight is 263 g/mol. The number of hydrogen-bond acceptors (Lipinski definition) is 3. The largest absolute Gasteiger partial charge is 0.310 e. The van der Waals surface area contributed by atoms with Crippen LogP contribution in [0.4, 0.5) is 8.78 Å². The van der Waals surface area contributed by atoms with Crippen LogP contribution in [-0.4, -0.2) is 16.7 Å². The first-order chi connectivity index (χ1) is 9.20. The molecule has 3 nitrogen and oxygen atoms in total. The monoisotopic (exact) mass is 263 g/mol. The maximum atomic E-state index is 13.7. The van der Waals surface area contributed by atoms with Crippen molar-refractivity contribution in [2.75, 3.05) is 6.54 Å². The summed E-state index contributed by atoms with van der Waals surface area (Å²) < 4.78 is 26.8. The molecule has 0 radical (unpaired) electrons. The van der Waals surface area contributed by atoms with E-state index in [9.17, 15) is 8.78 Å². The van der Waals surface area contributed by atoms with Gasteiger partial charge in [0, 0.05) is 12.2 Å². The normalized spacial score (nSPS) is 12.4. The van der Waals surface area contributed by atoms with Crippen LogP contribution in [0.5, 0.6) is 0 Å². The molecule has 0 spiro atoms. The molecule has 1 unspecified atom stereocenters. The first-order valence-corrected chi connectivity index (χ1v) is 6.14. The highest BCUT2D eigenvalue weighted by molar-refractivity contribution is 5.23. The lowest BCUT2D eigenvalue weighted by Crippen LogP contribution is -2.23. The SMILES string of the molecule is CCNC(Cc1cc(F)ccc1F)c1ccnnc1. The van der Waals surface area contributed by atoms with E-state index in [4.69, 9.17) is 0 Å². The first kappa shape index (κ1) is 13.5. The summed E-state index contributed by atoms with van der Waals surface area (Å²) in [7, 11) is 0. The van der Waals surface area contributed by atoms with Gasteiger partial charge in [-0.25, -0.2) is 8.78 Å². The van der Waals surface area contributed by atoms with E-state index >= 15 is 0 Å². The second kappa shape index (κ2) is 6.33. The highest BCUT2D eigenvalue weighted by Crippen LogP contribution is 2.20. The van der Waals surface area contributed by atoms with Gasteiger partial charge in [-0.2, -0.15) is 10.2 Å². The highest BCUT2D eigenvalue weighted by atomic mass is 19.1. The van der Waals surface area contributed by atoms with Crippen molar-refractivity contribution in [2.24, 2.45) is 0 Å². The summed E-state index contributed by atoms with van der Waals surface area (Å²) in [6, 6.07) is 5.20. The molecule has 19 heavy (non-hydrogen) atoms. The van der Waals surface area contributed by atoms with Crippen molar-refractivity contribution in [3.05, 3.63) is 59.4 Å². The van der Waals surface area contributed by atoms with Crippen LogP contribution in [0.1, 0.15) is 24.1 Å². The predicted molar refractivity (Wildman–Crippen MR) is 68.5 cm³/mol. The smallest absolute Gasteiger partial charge is 0.126 e. The standard InChI is InChI=1S/C14H15F2N3/c1-2-17-14(10-5-6-18-19-9-10)8-11-7-12(15)3-4-13(11)16/h3-7,9,14,17H,2,8H2,1H3. The molecule has 1 heterocycles. The molecule has 1 atom stereocenters. The second-order valence-electron chi connectivity index (χ2n) is 4.23. The van der Waals surface area contributed by atoms with Gasteiger partial charge in [0.1, 0.15) is 11.6 Å². The zero-order valence-corrected chi connectivity index (χ0v) is 10.6. The molecule has 5 heteroatoms. The highest BCUT2D eigenvalue weighted by Gasteiger charge is 2.14. The molecule has 100 valence electrons. The first-order valence-electron chi connectivity index (χ1n) is 6.14. The van der Waals surface area contributed by atoms with Crippen LogP contribution in [0.25, 0.3) is 0 Å². The number of nitrogens with zero attached hydrogens (tertiary/aromatic N) is 2. The second-order valence-corrected chi connectivity index (χ2v) is 4.23. The summed E-state index contributed by atoms with van der Waals surface area (Å²) in [5.41, 5.74) is 1.25. The van der Waals surface area contributed by atoms with Crippen molar-refractivity contribution >= 4 is 0 Å². The Kier molecular flexibility index (Phi) is 4.52. The van der Waals surface area contributed by atoms with Gasteiger partial charge in [-0.15, -0.1) is 0 Å². The summed E-state index contributed by atoms with van der Waals surface area (Å²) in [5.74, 6) is -0.828. The molecule has 0 amide bonds. The van der Waals surface area contributed by atoms with Crippen LogP contribution >= 0.6 is 0 Å². The third-order valence-electron chi connectivity index (χ3n) is 2.89. The van der Waals surface area contributed by atoms with Crippen LogP contribution in [-0.2, 0) is 6.42 Å². The van der Waals surface area contributed by atoms with E-state index in [0.29, 0.717) is 12.0 Å². The Bertz CT molecular complexity index is 531. The predicted octanol–water partition coefficient (Wildman–Crippen LogP) is 2.65. The van der Waals surface area contributed by atoms with Crippen LogP contribution < -0.4 is 5.32 Å². The molecular weight excluding hydrogens is 248 g/mol. The molecule has 1 aromatic carbocycles. The van der Waals surface area contributed by atoms with Crippen molar-refractivity contribution in [1.29, 1.82) is 0 Å². The number of aromatic nitrogens is 2. The fourth-order valence-corrected chi connectivity index (χ4v) is 1.98. The van der Waals surface area contributed by atoms with Gasteiger partial charge in [0.25, 0.3) is 0 Å². The minimum Gasteiger partial charge on any atom is -0.310 e. The summed E-state index contributed by atoms with van der Waals surface area (Å²) in [6.45, 7) is 2.69. The minimum atomic E-state index is -0.431. The fourth-order valence-electron chi connectivity index (χ4n) is 1.98. The van der Waals surface area contributed by atoms with Crippen LogP contribution in [0.3, 0.4) is 0 Å². The average Bonchev–Trinajstić information content (AvgIpc) is 2.43. The van der Waals surface area contributed by atoms with E-state index in [0.717, 1.165) is 24.2 Å². The van der Waals surface area contributed by atoms with Gasteiger partial charge >= 0.3 is 0 Å². The zero-order chi connectivity index (χ0) is 13.7.